The van der Waals surface area contributed by atoms with Crippen molar-refractivity contribution in [2.45, 2.75) is 19.4 Å². The maximum atomic E-state index is 10.6. The largest absolute Gasteiger partial charge is 0.384 e. The zero-order valence-corrected chi connectivity index (χ0v) is 7.48. The molecule has 1 rings (SSSR count). The molecule has 1 aromatic rings. The minimum atomic E-state index is -1.05. The molecule has 0 saturated heterocycles. The van der Waals surface area contributed by atoms with Crippen molar-refractivity contribution in [2.24, 2.45) is 5.73 Å². The maximum Gasteiger partial charge on any atom is 0.268 e. The summed E-state index contributed by atoms with van der Waals surface area (Å²) in [7, 11) is 0. The van der Waals surface area contributed by atoms with Gasteiger partial charge >= 0.3 is 0 Å². The van der Waals surface area contributed by atoms with E-state index in [1.54, 1.807) is 13.8 Å². The normalized spacial score (nSPS) is 11.3. The van der Waals surface area contributed by atoms with Crippen LogP contribution in [0.3, 0.4) is 0 Å². The van der Waals surface area contributed by atoms with Crippen molar-refractivity contribution in [3.8, 4) is 0 Å². The van der Waals surface area contributed by atoms with Gasteiger partial charge < -0.3 is 10.8 Å². The standard InChI is InChI=1S/C8H11N3O2/c1-8(2,13)6-4-10-5(3-11-6)7(9)12/h3-4,13H,1-2H3,(H2,9,12). The van der Waals surface area contributed by atoms with Crippen molar-refractivity contribution in [3.63, 3.8) is 0 Å². The Kier molecular flexibility index (Phi) is 2.29. The van der Waals surface area contributed by atoms with Crippen LogP contribution < -0.4 is 5.73 Å². The van der Waals surface area contributed by atoms with Crippen LogP contribution in [0.15, 0.2) is 12.4 Å². The first-order chi connectivity index (χ1) is 5.91. The van der Waals surface area contributed by atoms with Gasteiger partial charge in [-0.1, -0.05) is 0 Å². The molecular formula is C8H11N3O2. The van der Waals surface area contributed by atoms with Gasteiger partial charge in [-0.3, -0.25) is 9.78 Å². The van der Waals surface area contributed by atoms with Crippen molar-refractivity contribution in [3.05, 3.63) is 23.8 Å². The summed E-state index contributed by atoms with van der Waals surface area (Å²) >= 11 is 0. The van der Waals surface area contributed by atoms with Gasteiger partial charge in [0.05, 0.1) is 18.1 Å². The number of carbonyl (C=O) groups excluding carboxylic acids is 1. The average molecular weight is 181 g/mol. The molecule has 1 aromatic heterocycles. The third kappa shape index (κ3) is 2.22. The third-order valence-electron chi connectivity index (χ3n) is 1.53. The van der Waals surface area contributed by atoms with E-state index in [-0.39, 0.29) is 5.69 Å². The van der Waals surface area contributed by atoms with E-state index in [1.807, 2.05) is 0 Å². The lowest BCUT2D eigenvalue weighted by Gasteiger charge is -2.15. The number of rotatable bonds is 2. The second-order valence-electron chi connectivity index (χ2n) is 3.21. The van der Waals surface area contributed by atoms with E-state index >= 15 is 0 Å². The Labute approximate surface area is 75.6 Å². The molecule has 0 aliphatic carbocycles. The van der Waals surface area contributed by atoms with Crippen molar-refractivity contribution in [2.75, 3.05) is 0 Å². The summed E-state index contributed by atoms with van der Waals surface area (Å²) in [6, 6.07) is 0. The van der Waals surface area contributed by atoms with E-state index in [0.29, 0.717) is 5.69 Å². The van der Waals surface area contributed by atoms with Gasteiger partial charge in [-0.2, -0.15) is 0 Å². The van der Waals surface area contributed by atoms with Crippen LogP contribution >= 0.6 is 0 Å². The molecule has 0 saturated carbocycles. The van der Waals surface area contributed by atoms with Gasteiger partial charge in [0.1, 0.15) is 11.3 Å². The number of aromatic nitrogens is 2. The van der Waals surface area contributed by atoms with Crippen LogP contribution in [0.1, 0.15) is 30.0 Å². The summed E-state index contributed by atoms with van der Waals surface area (Å²) in [5, 5.41) is 9.50. The molecule has 0 aliphatic heterocycles. The summed E-state index contributed by atoms with van der Waals surface area (Å²) in [6.07, 6.45) is 2.58. The van der Waals surface area contributed by atoms with Crippen molar-refractivity contribution in [1.82, 2.24) is 9.97 Å². The van der Waals surface area contributed by atoms with Gasteiger partial charge in [-0.25, -0.2) is 4.98 Å². The highest BCUT2D eigenvalue weighted by Gasteiger charge is 2.18. The molecule has 5 nitrogen and oxygen atoms in total. The van der Waals surface area contributed by atoms with Gasteiger partial charge in [0.25, 0.3) is 5.91 Å². The lowest BCUT2D eigenvalue weighted by Crippen LogP contribution is -2.20. The molecular weight excluding hydrogens is 170 g/mol. The Morgan fingerprint density at radius 1 is 1.46 bits per heavy atom. The monoisotopic (exact) mass is 181 g/mol. The second-order valence-corrected chi connectivity index (χ2v) is 3.21. The molecule has 0 radical (unpaired) electrons. The molecule has 0 aliphatic rings. The Balaban J connectivity index is 3.01. The molecule has 0 bridgehead atoms. The fourth-order valence-corrected chi connectivity index (χ4v) is 0.771. The Morgan fingerprint density at radius 3 is 2.38 bits per heavy atom. The molecule has 5 heteroatoms. The minimum absolute atomic E-state index is 0.0907. The minimum Gasteiger partial charge on any atom is -0.384 e. The quantitative estimate of drug-likeness (QED) is 0.661. The number of hydrogen-bond acceptors (Lipinski definition) is 4. The molecule has 0 fully saturated rings. The lowest BCUT2D eigenvalue weighted by atomic mass is 10.1. The highest BCUT2D eigenvalue weighted by Crippen LogP contribution is 2.15. The molecule has 0 aromatic carbocycles. The molecule has 13 heavy (non-hydrogen) atoms. The topological polar surface area (TPSA) is 89.1 Å². The first-order valence-electron chi connectivity index (χ1n) is 3.76. The van der Waals surface area contributed by atoms with E-state index < -0.39 is 11.5 Å². The average Bonchev–Trinajstić information content (AvgIpc) is 2.03. The molecule has 70 valence electrons. The Morgan fingerprint density at radius 2 is 2.08 bits per heavy atom. The molecule has 0 spiro atoms. The van der Waals surface area contributed by atoms with Gasteiger partial charge in [-0.05, 0) is 13.8 Å². The summed E-state index contributed by atoms with van der Waals surface area (Å²) in [5.41, 5.74) is 4.41. The SMILES string of the molecule is CC(C)(O)c1cnc(C(N)=O)cn1. The summed E-state index contributed by atoms with van der Waals surface area (Å²) < 4.78 is 0. The molecule has 1 amide bonds. The highest BCUT2D eigenvalue weighted by atomic mass is 16.3. The predicted molar refractivity (Wildman–Crippen MR) is 45.8 cm³/mol. The fourth-order valence-electron chi connectivity index (χ4n) is 0.771. The summed E-state index contributed by atoms with van der Waals surface area (Å²) in [6.45, 7) is 3.17. The first kappa shape index (κ1) is 9.60. The zero-order chi connectivity index (χ0) is 10.1. The predicted octanol–water partition coefficient (Wildman–Crippen LogP) is -0.197. The van der Waals surface area contributed by atoms with Gasteiger partial charge in [0, 0.05) is 0 Å². The Bertz CT molecular complexity index is 313. The Hall–Kier alpha value is -1.49. The number of primary amides is 1. The van der Waals surface area contributed by atoms with Gasteiger partial charge in [-0.15, -0.1) is 0 Å². The van der Waals surface area contributed by atoms with Crippen LogP contribution in [-0.4, -0.2) is 21.0 Å². The zero-order valence-electron chi connectivity index (χ0n) is 7.48. The number of carbonyl (C=O) groups is 1. The van der Waals surface area contributed by atoms with Crippen LogP contribution in [0.25, 0.3) is 0 Å². The fraction of sp³-hybridized carbons (Fsp3) is 0.375. The molecule has 0 atom stereocenters. The van der Waals surface area contributed by atoms with E-state index in [4.69, 9.17) is 5.73 Å². The van der Waals surface area contributed by atoms with E-state index in [9.17, 15) is 9.90 Å². The van der Waals surface area contributed by atoms with E-state index in [0.717, 1.165) is 0 Å². The maximum absolute atomic E-state index is 10.6. The number of nitrogens with two attached hydrogens (primary N) is 1. The molecule has 0 unspecified atom stereocenters. The second kappa shape index (κ2) is 3.10. The van der Waals surface area contributed by atoms with Crippen LogP contribution in [0, 0.1) is 0 Å². The summed E-state index contributed by atoms with van der Waals surface area (Å²) in [5.74, 6) is -0.630. The smallest absolute Gasteiger partial charge is 0.268 e. The highest BCUT2D eigenvalue weighted by molar-refractivity contribution is 5.90. The number of nitrogens with zero attached hydrogens (tertiary/aromatic N) is 2. The van der Waals surface area contributed by atoms with Crippen LogP contribution in [-0.2, 0) is 5.60 Å². The number of hydrogen-bond donors (Lipinski definition) is 2. The van der Waals surface area contributed by atoms with Crippen molar-refractivity contribution >= 4 is 5.91 Å². The lowest BCUT2D eigenvalue weighted by molar-refractivity contribution is 0.0731. The first-order valence-corrected chi connectivity index (χ1v) is 3.76. The van der Waals surface area contributed by atoms with Crippen molar-refractivity contribution < 1.29 is 9.90 Å². The molecule has 1 heterocycles. The van der Waals surface area contributed by atoms with E-state index in [1.165, 1.54) is 12.4 Å². The molecule has 3 N–H and O–H groups in total. The van der Waals surface area contributed by atoms with Crippen LogP contribution in [0.2, 0.25) is 0 Å². The van der Waals surface area contributed by atoms with Gasteiger partial charge in [0.15, 0.2) is 0 Å². The van der Waals surface area contributed by atoms with Crippen LogP contribution in [0.4, 0.5) is 0 Å². The number of aliphatic hydroxyl groups is 1. The third-order valence-corrected chi connectivity index (χ3v) is 1.53. The number of amides is 1. The summed E-state index contributed by atoms with van der Waals surface area (Å²) in [4.78, 5) is 18.2. The van der Waals surface area contributed by atoms with E-state index in [2.05, 4.69) is 9.97 Å². The van der Waals surface area contributed by atoms with Crippen LogP contribution in [0.5, 0.6) is 0 Å². The van der Waals surface area contributed by atoms with Gasteiger partial charge in [0.2, 0.25) is 0 Å². The van der Waals surface area contributed by atoms with Crippen molar-refractivity contribution in [1.29, 1.82) is 0 Å².